The van der Waals surface area contributed by atoms with E-state index in [0.717, 1.165) is 0 Å². The van der Waals surface area contributed by atoms with Crippen molar-refractivity contribution >= 4 is 11.7 Å². The van der Waals surface area contributed by atoms with E-state index < -0.39 is 23.8 Å². The van der Waals surface area contributed by atoms with E-state index in [4.69, 9.17) is 0 Å². The first-order chi connectivity index (χ1) is 7.24. The van der Waals surface area contributed by atoms with Gasteiger partial charge in [0.25, 0.3) is 5.72 Å². The van der Waals surface area contributed by atoms with Crippen LogP contribution in [0.3, 0.4) is 0 Å². The molecule has 0 aromatic rings. The second-order valence-corrected chi connectivity index (χ2v) is 3.31. The summed E-state index contributed by atoms with van der Waals surface area (Å²) in [6.45, 7) is 2.59. The highest BCUT2D eigenvalue weighted by Gasteiger charge is 2.65. The third kappa shape index (κ3) is 1.84. The molecule has 0 aliphatic carbocycles. The van der Waals surface area contributed by atoms with Gasteiger partial charge in [-0.15, -0.1) is 0 Å². The molecule has 2 N–H and O–H groups in total. The Kier molecular flexibility index (Phi) is 3.13. The monoisotopic (exact) mass is 240 g/mol. The van der Waals surface area contributed by atoms with Gasteiger partial charge >= 0.3 is 12.1 Å². The molecule has 2 unspecified atom stereocenters. The number of hydrogen-bond acceptors (Lipinski definition) is 5. The van der Waals surface area contributed by atoms with Crippen LogP contribution in [0, 0.1) is 5.92 Å². The van der Waals surface area contributed by atoms with Crippen molar-refractivity contribution in [3.05, 3.63) is 0 Å². The summed E-state index contributed by atoms with van der Waals surface area (Å²) in [6, 6.07) is 0. The molecule has 0 aromatic heterocycles. The maximum absolute atomic E-state index is 12.6. The van der Waals surface area contributed by atoms with Gasteiger partial charge in [-0.1, -0.05) is 0 Å². The van der Waals surface area contributed by atoms with Gasteiger partial charge in [-0.05, 0) is 13.8 Å². The average molecular weight is 240 g/mol. The molecule has 0 aromatic carbocycles. The predicted octanol–water partition coefficient (Wildman–Crippen LogP) is 0.396. The Hall–Kier alpha value is -1.31. The van der Waals surface area contributed by atoms with Crippen molar-refractivity contribution in [1.29, 1.82) is 0 Å². The van der Waals surface area contributed by atoms with Crippen LogP contribution in [0.25, 0.3) is 0 Å². The molecular weight excluding hydrogens is 229 g/mol. The van der Waals surface area contributed by atoms with Gasteiger partial charge in [0.1, 0.15) is 0 Å². The Balaban J connectivity index is 3.02. The minimum absolute atomic E-state index is 0.0729. The van der Waals surface area contributed by atoms with E-state index in [1.165, 1.54) is 19.3 Å². The topological polar surface area (TPSA) is 70.9 Å². The van der Waals surface area contributed by atoms with Crippen molar-refractivity contribution in [1.82, 2.24) is 5.43 Å². The van der Waals surface area contributed by atoms with Crippen molar-refractivity contribution in [3.63, 3.8) is 0 Å². The summed E-state index contributed by atoms with van der Waals surface area (Å²) in [5, 5.41) is 12.6. The van der Waals surface area contributed by atoms with Crippen molar-refractivity contribution in [2.75, 3.05) is 6.61 Å². The van der Waals surface area contributed by atoms with Crippen LogP contribution < -0.4 is 5.43 Å². The lowest BCUT2D eigenvalue weighted by atomic mass is 9.93. The molecule has 0 bridgehead atoms. The molecule has 8 heteroatoms. The van der Waals surface area contributed by atoms with Crippen LogP contribution in [0.15, 0.2) is 5.10 Å². The highest BCUT2D eigenvalue weighted by Crippen LogP contribution is 2.38. The Morgan fingerprint density at radius 2 is 2.25 bits per heavy atom. The third-order valence-corrected chi connectivity index (χ3v) is 2.19. The van der Waals surface area contributed by atoms with Crippen LogP contribution in [0.1, 0.15) is 13.8 Å². The van der Waals surface area contributed by atoms with Gasteiger partial charge in [0.2, 0.25) is 0 Å². The molecule has 5 nitrogen and oxygen atoms in total. The first-order valence-corrected chi connectivity index (χ1v) is 4.51. The van der Waals surface area contributed by atoms with Gasteiger partial charge in [-0.25, -0.2) is 0 Å². The molecule has 0 fully saturated rings. The van der Waals surface area contributed by atoms with Crippen molar-refractivity contribution in [2.45, 2.75) is 25.7 Å². The van der Waals surface area contributed by atoms with Gasteiger partial charge in [0.05, 0.1) is 12.3 Å². The zero-order valence-electron chi connectivity index (χ0n) is 8.63. The Labute approximate surface area is 89.3 Å². The minimum atomic E-state index is -5.02. The third-order valence-electron chi connectivity index (χ3n) is 2.19. The number of ether oxygens (including phenoxy) is 1. The van der Waals surface area contributed by atoms with Crippen molar-refractivity contribution in [2.24, 2.45) is 11.0 Å². The number of hydrogen-bond donors (Lipinski definition) is 2. The maximum atomic E-state index is 12.6. The molecule has 0 spiro atoms. The summed E-state index contributed by atoms with van der Waals surface area (Å²) in [6.07, 6.45) is -5.02. The van der Waals surface area contributed by atoms with Gasteiger partial charge in [0, 0.05) is 0 Å². The number of nitrogens with one attached hydrogen (secondary N) is 1. The highest BCUT2D eigenvalue weighted by molar-refractivity contribution is 6.03. The van der Waals surface area contributed by atoms with Crippen LogP contribution in [-0.2, 0) is 9.53 Å². The first kappa shape index (κ1) is 12.8. The second-order valence-electron chi connectivity index (χ2n) is 3.31. The van der Waals surface area contributed by atoms with E-state index in [1.807, 2.05) is 0 Å². The fourth-order valence-corrected chi connectivity index (χ4v) is 1.40. The van der Waals surface area contributed by atoms with E-state index in [9.17, 15) is 23.1 Å². The van der Waals surface area contributed by atoms with E-state index in [1.54, 1.807) is 0 Å². The Morgan fingerprint density at radius 3 is 2.69 bits per heavy atom. The molecule has 1 aliphatic rings. The minimum Gasteiger partial charge on any atom is -0.465 e. The number of halogens is 3. The van der Waals surface area contributed by atoms with E-state index in [0.29, 0.717) is 0 Å². The standard InChI is InChI=1S/C8H11F3N2O3/c1-3-16-6(14)5-4(2)12-13-7(5,15)8(9,10)11/h5,13,15H,3H2,1-2H3. The lowest BCUT2D eigenvalue weighted by molar-refractivity contribution is -0.280. The molecule has 1 heterocycles. The number of rotatable bonds is 2. The Morgan fingerprint density at radius 1 is 1.69 bits per heavy atom. The molecule has 16 heavy (non-hydrogen) atoms. The normalized spacial score (nSPS) is 29.6. The van der Waals surface area contributed by atoms with Gasteiger partial charge < -0.3 is 9.84 Å². The second kappa shape index (κ2) is 3.93. The number of alkyl halides is 3. The molecule has 1 rings (SSSR count). The molecule has 0 amide bonds. The highest BCUT2D eigenvalue weighted by atomic mass is 19.4. The molecule has 92 valence electrons. The van der Waals surface area contributed by atoms with E-state index in [2.05, 4.69) is 9.84 Å². The van der Waals surface area contributed by atoms with Gasteiger partial charge in [-0.3, -0.25) is 10.2 Å². The van der Waals surface area contributed by atoms with Crippen molar-refractivity contribution in [3.8, 4) is 0 Å². The summed E-state index contributed by atoms with van der Waals surface area (Å²) >= 11 is 0. The number of aliphatic hydroxyl groups is 1. The fraction of sp³-hybridized carbons (Fsp3) is 0.750. The molecular formula is C8H11F3N2O3. The summed E-state index contributed by atoms with van der Waals surface area (Å²) in [7, 11) is 0. The number of carbonyl (C=O) groups excluding carboxylic acids is 1. The molecule has 0 saturated carbocycles. The zero-order valence-corrected chi connectivity index (χ0v) is 8.63. The lowest BCUT2D eigenvalue weighted by Crippen LogP contribution is -2.60. The quantitative estimate of drug-likeness (QED) is 0.685. The summed E-state index contributed by atoms with van der Waals surface area (Å²) in [4.78, 5) is 11.3. The summed E-state index contributed by atoms with van der Waals surface area (Å²) in [5.41, 5.74) is -2.02. The lowest BCUT2D eigenvalue weighted by Gasteiger charge is -2.30. The zero-order chi connectivity index (χ0) is 12.6. The number of hydrazone groups is 1. The number of nitrogens with zero attached hydrogens (tertiary/aromatic N) is 1. The van der Waals surface area contributed by atoms with Gasteiger partial charge in [-0.2, -0.15) is 18.3 Å². The van der Waals surface area contributed by atoms with Crippen LogP contribution in [0.5, 0.6) is 0 Å². The molecule has 1 aliphatic heterocycles. The summed E-state index contributed by atoms with van der Waals surface area (Å²) in [5.74, 6) is -3.03. The predicted molar refractivity (Wildman–Crippen MR) is 47.4 cm³/mol. The van der Waals surface area contributed by atoms with Crippen molar-refractivity contribution < 1.29 is 27.8 Å². The molecule has 0 saturated heterocycles. The maximum Gasteiger partial charge on any atom is 0.439 e. The van der Waals surface area contributed by atoms with Crippen LogP contribution in [0.4, 0.5) is 13.2 Å². The van der Waals surface area contributed by atoms with Gasteiger partial charge in [0.15, 0.2) is 5.92 Å². The largest absolute Gasteiger partial charge is 0.465 e. The SMILES string of the molecule is CCOC(=O)C1C(C)=NNC1(O)C(F)(F)F. The van der Waals surface area contributed by atoms with Crippen LogP contribution in [-0.4, -0.2) is 35.3 Å². The molecule has 2 atom stereocenters. The average Bonchev–Trinajstić information content (AvgIpc) is 2.43. The smallest absolute Gasteiger partial charge is 0.439 e. The number of esters is 1. The first-order valence-electron chi connectivity index (χ1n) is 4.51. The Bertz CT molecular complexity index is 329. The van der Waals surface area contributed by atoms with Crippen LogP contribution >= 0.6 is 0 Å². The summed E-state index contributed by atoms with van der Waals surface area (Å²) < 4.78 is 42.2. The van der Waals surface area contributed by atoms with E-state index >= 15 is 0 Å². The van der Waals surface area contributed by atoms with E-state index in [-0.39, 0.29) is 12.3 Å². The van der Waals surface area contributed by atoms with Crippen LogP contribution in [0.2, 0.25) is 0 Å². The number of carbonyl (C=O) groups is 1. The molecule has 0 radical (unpaired) electrons. The fourth-order valence-electron chi connectivity index (χ4n) is 1.40.